The van der Waals surface area contributed by atoms with Crippen LogP contribution in [0.5, 0.6) is 0 Å². The average Bonchev–Trinajstić information content (AvgIpc) is 2.61. The van der Waals surface area contributed by atoms with Gasteiger partial charge in [0.05, 0.1) is 6.26 Å². The molecule has 0 saturated carbocycles. The molecule has 2 rings (SSSR count). The molecule has 1 heterocycles. The van der Waals surface area contributed by atoms with Gasteiger partial charge in [-0.2, -0.15) is 4.31 Å². The van der Waals surface area contributed by atoms with Gasteiger partial charge in [-0.1, -0.05) is 24.6 Å². The zero-order valence-corrected chi connectivity index (χ0v) is 16.0. The molecule has 0 radical (unpaired) electrons. The number of rotatable bonds is 8. The number of nitrogens with one attached hydrogen (secondary N) is 1. The molecule has 6 nitrogen and oxygen atoms in total. The Labute approximate surface area is 151 Å². The van der Waals surface area contributed by atoms with Crippen molar-refractivity contribution in [1.82, 2.24) is 9.62 Å². The van der Waals surface area contributed by atoms with Gasteiger partial charge in [0.2, 0.25) is 15.9 Å². The van der Waals surface area contributed by atoms with Crippen molar-refractivity contribution in [1.29, 1.82) is 0 Å². The fraction of sp³-hybridized carbons (Fsp3) is 0.611. The zero-order valence-electron chi connectivity index (χ0n) is 15.1. The molecule has 1 aromatic carbocycles. The van der Waals surface area contributed by atoms with Crippen LogP contribution in [-0.2, 0) is 14.8 Å². The minimum Gasteiger partial charge on any atom is -0.375 e. The maximum Gasteiger partial charge on any atom is 0.238 e. The van der Waals surface area contributed by atoms with Gasteiger partial charge in [-0.15, -0.1) is 0 Å². The van der Waals surface area contributed by atoms with Gasteiger partial charge in [0.25, 0.3) is 0 Å². The number of unbranched alkanes of at least 4 members (excludes halogenated alkanes) is 1. The molecular formula is C18H29N3O3S. The summed E-state index contributed by atoms with van der Waals surface area (Å²) in [7, 11) is -1.28. The maximum atomic E-state index is 12.3. The highest BCUT2D eigenvalue weighted by molar-refractivity contribution is 7.88. The molecule has 1 aliphatic rings. The SMILES string of the molecule is CN(CCCCNC(=O)C1CCCCN1S(C)(=O)=O)c1ccccc1. The quantitative estimate of drug-likeness (QED) is 0.712. The van der Waals surface area contributed by atoms with Crippen LogP contribution >= 0.6 is 0 Å². The van der Waals surface area contributed by atoms with Crippen LogP contribution in [0.25, 0.3) is 0 Å². The molecule has 1 N–H and O–H groups in total. The van der Waals surface area contributed by atoms with E-state index in [-0.39, 0.29) is 5.91 Å². The Bertz CT molecular complexity index is 649. The Kier molecular flexibility index (Phi) is 7.25. The minimum atomic E-state index is -3.33. The predicted octanol–water partition coefficient (Wildman–Crippen LogP) is 1.83. The van der Waals surface area contributed by atoms with Gasteiger partial charge >= 0.3 is 0 Å². The number of piperidine rings is 1. The van der Waals surface area contributed by atoms with E-state index in [2.05, 4.69) is 29.4 Å². The van der Waals surface area contributed by atoms with Crippen LogP contribution in [0.1, 0.15) is 32.1 Å². The highest BCUT2D eigenvalue weighted by Gasteiger charge is 2.34. The third-order valence-corrected chi connectivity index (χ3v) is 5.89. The summed E-state index contributed by atoms with van der Waals surface area (Å²) in [6.07, 6.45) is 5.34. The summed E-state index contributed by atoms with van der Waals surface area (Å²) in [6, 6.07) is 9.64. The van der Waals surface area contributed by atoms with Gasteiger partial charge in [0.15, 0.2) is 0 Å². The second-order valence-electron chi connectivity index (χ2n) is 6.64. The molecule has 0 aliphatic carbocycles. The summed E-state index contributed by atoms with van der Waals surface area (Å²) >= 11 is 0. The number of carbonyl (C=O) groups is 1. The molecule has 25 heavy (non-hydrogen) atoms. The van der Waals surface area contributed by atoms with Crippen molar-refractivity contribution in [3.05, 3.63) is 30.3 Å². The van der Waals surface area contributed by atoms with Crippen molar-refractivity contribution in [2.75, 3.05) is 37.8 Å². The Balaban J connectivity index is 1.71. The molecule has 1 amide bonds. The summed E-state index contributed by atoms with van der Waals surface area (Å²) in [5.41, 5.74) is 1.18. The molecule has 1 fully saturated rings. The van der Waals surface area contributed by atoms with E-state index in [0.717, 1.165) is 32.2 Å². The van der Waals surface area contributed by atoms with Crippen LogP contribution in [-0.4, -0.2) is 57.6 Å². The number of benzene rings is 1. The molecule has 7 heteroatoms. The summed E-state index contributed by atoms with van der Waals surface area (Å²) in [5.74, 6) is -0.165. The van der Waals surface area contributed by atoms with Crippen LogP contribution in [0.3, 0.4) is 0 Å². The van der Waals surface area contributed by atoms with E-state index in [1.807, 2.05) is 18.2 Å². The Hall–Kier alpha value is -1.60. The smallest absolute Gasteiger partial charge is 0.238 e. The van der Waals surface area contributed by atoms with Crippen LogP contribution in [0.2, 0.25) is 0 Å². The molecule has 1 atom stereocenters. The van der Waals surface area contributed by atoms with Crippen LogP contribution in [0.15, 0.2) is 30.3 Å². The fourth-order valence-electron chi connectivity index (χ4n) is 3.18. The van der Waals surface area contributed by atoms with Gasteiger partial charge in [0, 0.05) is 32.4 Å². The van der Waals surface area contributed by atoms with Crippen molar-refractivity contribution < 1.29 is 13.2 Å². The lowest BCUT2D eigenvalue weighted by Gasteiger charge is -2.32. The Morgan fingerprint density at radius 2 is 1.96 bits per heavy atom. The fourth-order valence-corrected chi connectivity index (χ4v) is 4.30. The van der Waals surface area contributed by atoms with Crippen molar-refractivity contribution in [3.63, 3.8) is 0 Å². The van der Waals surface area contributed by atoms with Gasteiger partial charge in [-0.25, -0.2) is 8.42 Å². The van der Waals surface area contributed by atoms with Crippen molar-refractivity contribution >= 4 is 21.6 Å². The standard InChI is InChI=1S/C18H29N3O3S/c1-20(16-10-4-3-5-11-16)14-9-7-13-19-18(22)17-12-6-8-15-21(17)25(2,23)24/h3-5,10-11,17H,6-9,12-15H2,1-2H3,(H,19,22). The third-order valence-electron chi connectivity index (χ3n) is 4.60. The highest BCUT2D eigenvalue weighted by atomic mass is 32.2. The molecule has 1 unspecified atom stereocenters. The van der Waals surface area contributed by atoms with E-state index in [0.29, 0.717) is 19.5 Å². The first-order valence-corrected chi connectivity index (χ1v) is 10.7. The van der Waals surface area contributed by atoms with Gasteiger partial charge in [-0.3, -0.25) is 4.79 Å². The lowest BCUT2D eigenvalue weighted by Crippen LogP contribution is -2.51. The average molecular weight is 368 g/mol. The molecule has 1 aliphatic heterocycles. The second kappa shape index (κ2) is 9.20. The first-order chi connectivity index (χ1) is 11.9. The lowest BCUT2D eigenvalue weighted by molar-refractivity contribution is -0.125. The Morgan fingerprint density at radius 3 is 2.64 bits per heavy atom. The summed E-state index contributed by atoms with van der Waals surface area (Å²) in [5, 5.41) is 2.90. The third kappa shape index (κ3) is 6.01. The van der Waals surface area contributed by atoms with Crippen molar-refractivity contribution in [2.24, 2.45) is 0 Å². The molecule has 0 bridgehead atoms. The zero-order chi connectivity index (χ0) is 18.3. The highest BCUT2D eigenvalue weighted by Crippen LogP contribution is 2.20. The van der Waals surface area contributed by atoms with Crippen LogP contribution in [0.4, 0.5) is 5.69 Å². The normalized spacial score (nSPS) is 18.7. The van der Waals surface area contributed by atoms with Crippen molar-refractivity contribution in [2.45, 2.75) is 38.1 Å². The van der Waals surface area contributed by atoms with Crippen LogP contribution < -0.4 is 10.2 Å². The molecule has 1 aromatic rings. The molecule has 0 aromatic heterocycles. The number of hydrogen-bond acceptors (Lipinski definition) is 4. The number of nitrogens with zero attached hydrogens (tertiary/aromatic N) is 2. The summed E-state index contributed by atoms with van der Waals surface area (Å²) in [4.78, 5) is 14.5. The number of anilines is 1. The van der Waals surface area contributed by atoms with E-state index >= 15 is 0 Å². The van der Waals surface area contributed by atoms with Crippen molar-refractivity contribution in [3.8, 4) is 0 Å². The Morgan fingerprint density at radius 1 is 1.24 bits per heavy atom. The first kappa shape index (κ1) is 19.7. The van der Waals surface area contributed by atoms with E-state index in [1.165, 1.54) is 16.2 Å². The van der Waals surface area contributed by atoms with E-state index in [4.69, 9.17) is 0 Å². The summed E-state index contributed by atoms with van der Waals surface area (Å²) < 4.78 is 25.0. The van der Waals surface area contributed by atoms with E-state index in [9.17, 15) is 13.2 Å². The number of para-hydroxylation sites is 1. The van der Waals surface area contributed by atoms with Gasteiger partial charge in [0.1, 0.15) is 6.04 Å². The second-order valence-corrected chi connectivity index (χ2v) is 8.58. The molecule has 1 saturated heterocycles. The minimum absolute atomic E-state index is 0.165. The number of carbonyl (C=O) groups excluding carboxylic acids is 1. The predicted molar refractivity (Wildman–Crippen MR) is 101 cm³/mol. The first-order valence-electron chi connectivity index (χ1n) is 8.90. The number of hydrogen-bond donors (Lipinski definition) is 1. The topological polar surface area (TPSA) is 69.7 Å². The molecule has 0 spiro atoms. The van der Waals surface area contributed by atoms with E-state index in [1.54, 1.807) is 0 Å². The number of amides is 1. The monoisotopic (exact) mass is 367 g/mol. The van der Waals surface area contributed by atoms with E-state index < -0.39 is 16.1 Å². The van der Waals surface area contributed by atoms with Gasteiger partial charge in [-0.05, 0) is 37.8 Å². The number of sulfonamides is 1. The molecule has 140 valence electrons. The lowest BCUT2D eigenvalue weighted by atomic mass is 10.0. The maximum absolute atomic E-state index is 12.3. The summed E-state index contributed by atoms with van der Waals surface area (Å²) in [6.45, 7) is 1.94. The van der Waals surface area contributed by atoms with Gasteiger partial charge < -0.3 is 10.2 Å². The van der Waals surface area contributed by atoms with Crippen LogP contribution in [0, 0.1) is 0 Å². The largest absolute Gasteiger partial charge is 0.375 e. The molecular weight excluding hydrogens is 338 g/mol.